The summed E-state index contributed by atoms with van der Waals surface area (Å²) in [6, 6.07) is 13.0. The van der Waals surface area contributed by atoms with Crippen LogP contribution in [0.5, 0.6) is 0 Å². The van der Waals surface area contributed by atoms with E-state index in [0.717, 1.165) is 10.0 Å². The van der Waals surface area contributed by atoms with Crippen LogP contribution in [0, 0.1) is 0 Å². The molecule has 0 aliphatic rings. The number of rotatable bonds is 5. The lowest BCUT2D eigenvalue weighted by atomic mass is 10.2. The van der Waals surface area contributed by atoms with Crippen molar-refractivity contribution in [2.75, 3.05) is 5.32 Å². The molecular formula is C14H12BrF2NO2S. The second kappa shape index (κ2) is 6.53. The zero-order valence-electron chi connectivity index (χ0n) is 10.8. The van der Waals surface area contributed by atoms with E-state index in [1.165, 1.54) is 18.2 Å². The summed E-state index contributed by atoms with van der Waals surface area (Å²) in [5, 5.41) is 2.88. The van der Waals surface area contributed by atoms with Gasteiger partial charge in [0.2, 0.25) is 9.84 Å². The lowest BCUT2D eigenvalue weighted by Gasteiger charge is -2.12. The zero-order chi connectivity index (χ0) is 15.5. The fraction of sp³-hybridized carbons (Fsp3) is 0.143. The lowest BCUT2D eigenvalue weighted by Crippen LogP contribution is -2.14. The van der Waals surface area contributed by atoms with Crippen LogP contribution in [0.1, 0.15) is 5.56 Å². The third kappa shape index (κ3) is 3.79. The summed E-state index contributed by atoms with van der Waals surface area (Å²) >= 11 is 3.33. The van der Waals surface area contributed by atoms with Crippen molar-refractivity contribution < 1.29 is 17.2 Å². The first kappa shape index (κ1) is 15.9. The Bertz CT molecular complexity index is 735. The maximum Gasteiger partial charge on any atom is 0.341 e. The molecule has 0 aliphatic carbocycles. The van der Waals surface area contributed by atoms with Crippen LogP contribution >= 0.6 is 15.9 Å². The van der Waals surface area contributed by atoms with Crippen molar-refractivity contribution in [3.63, 3.8) is 0 Å². The Morgan fingerprint density at radius 3 is 2.48 bits per heavy atom. The predicted molar refractivity (Wildman–Crippen MR) is 81.1 cm³/mol. The summed E-state index contributed by atoms with van der Waals surface area (Å²) in [5.74, 6) is -3.44. The SMILES string of the molecule is O=S(=O)(c1ccccc1NCc1cccc(Br)c1)C(F)F. The third-order valence-electron chi connectivity index (χ3n) is 2.80. The molecule has 1 N–H and O–H groups in total. The first-order valence-electron chi connectivity index (χ1n) is 6.00. The highest BCUT2D eigenvalue weighted by Crippen LogP contribution is 2.26. The quantitative estimate of drug-likeness (QED) is 0.856. The van der Waals surface area contributed by atoms with Crippen molar-refractivity contribution in [3.05, 3.63) is 58.6 Å². The summed E-state index contributed by atoms with van der Waals surface area (Å²) in [6.45, 7) is 0.329. The van der Waals surface area contributed by atoms with Crippen LogP contribution in [0.3, 0.4) is 0 Å². The number of hydrogen-bond donors (Lipinski definition) is 1. The normalized spacial score (nSPS) is 11.6. The Kier molecular flexibility index (Phi) is 4.95. The van der Waals surface area contributed by atoms with E-state index in [2.05, 4.69) is 21.2 Å². The van der Waals surface area contributed by atoms with Gasteiger partial charge in [0, 0.05) is 11.0 Å². The number of halogens is 3. The molecule has 0 radical (unpaired) electrons. The van der Waals surface area contributed by atoms with Gasteiger partial charge in [0.15, 0.2) is 0 Å². The molecule has 0 heterocycles. The largest absolute Gasteiger partial charge is 0.380 e. The molecule has 0 saturated carbocycles. The second-order valence-electron chi connectivity index (χ2n) is 4.29. The Morgan fingerprint density at radius 1 is 1.10 bits per heavy atom. The van der Waals surface area contributed by atoms with Gasteiger partial charge in [0.1, 0.15) is 0 Å². The van der Waals surface area contributed by atoms with Crippen LogP contribution in [-0.2, 0) is 16.4 Å². The van der Waals surface area contributed by atoms with Crippen LogP contribution < -0.4 is 5.32 Å². The van der Waals surface area contributed by atoms with E-state index in [1.54, 1.807) is 6.07 Å². The highest BCUT2D eigenvalue weighted by atomic mass is 79.9. The van der Waals surface area contributed by atoms with Crippen LogP contribution in [0.15, 0.2) is 57.9 Å². The summed E-state index contributed by atoms with van der Waals surface area (Å²) in [4.78, 5) is -0.394. The van der Waals surface area contributed by atoms with Crippen LogP contribution in [0.4, 0.5) is 14.5 Å². The van der Waals surface area contributed by atoms with Gasteiger partial charge >= 0.3 is 5.76 Å². The molecule has 0 atom stereocenters. The molecule has 0 saturated heterocycles. The first-order valence-corrected chi connectivity index (χ1v) is 8.34. The molecule has 0 aliphatic heterocycles. The molecule has 0 spiro atoms. The van der Waals surface area contributed by atoms with E-state index < -0.39 is 20.5 Å². The number of alkyl halides is 2. The maximum atomic E-state index is 12.7. The second-order valence-corrected chi connectivity index (χ2v) is 7.09. The predicted octanol–water partition coefficient (Wildman–Crippen LogP) is 4.06. The monoisotopic (exact) mass is 375 g/mol. The fourth-order valence-corrected chi connectivity index (χ4v) is 3.15. The van der Waals surface area contributed by atoms with E-state index in [4.69, 9.17) is 0 Å². The minimum Gasteiger partial charge on any atom is -0.380 e. The Balaban J connectivity index is 2.26. The van der Waals surface area contributed by atoms with E-state index in [-0.39, 0.29) is 5.69 Å². The van der Waals surface area contributed by atoms with Crippen molar-refractivity contribution in [2.24, 2.45) is 0 Å². The van der Waals surface area contributed by atoms with Crippen molar-refractivity contribution in [1.29, 1.82) is 0 Å². The Hall–Kier alpha value is -1.47. The molecule has 0 unspecified atom stereocenters. The average Bonchev–Trinajstić information content (AvgIpc) is 2.45. The molecule has 0 fully saturated rings. The summed E-state index contributed by atoms with van der Waals surface area (Å²) < 4.78 is 49.5. The van der Waals surface area contributed by atoms with E-state index in [0.29, 0.717) is 6.54 Å². The molecule has 2 aromatic carbocycles. The van der Waals surface area contributed by atoms with Crippen molar-refractivity contribution in [3.8, 4) is 0 Å². The van der Waals surface area contributed by atoms with Crippen LogP contribution in [0.25, 0.3) is 0 Å². The number of sulfone groups is 1. The van der Waals surface area contributed by atoms with Gasteiger partial charge in [0.25, 0.3) is 0 Å². The fourth-order valence-electron chi connectivity index (χ4n) is 1.80. The topological polar surface area (TPSA) is 46.2 Å². The molecule has 0 amide bonds. The molecule has 2 aromatic rings. The molecule has 112 valence electrons. The van der Waals surface area contributed by atoms with Gasteiger partial charge in [-0.3, -0.25) is 0 Å². The van der Waals surface area contributed by atoms with Gasteiger partial charge in [-0.15, -0.1) is 0 Å². The van der Waals surface area contributed by atoms with E-state index in [9.17, 15) is 17.2 Å². The summed E-state index contributed by atoms with van der Waals surface area (Å²) in [6.07, 6.45) is 0. The van der Waals surface area contributed by atoms with Gasteiger partial charge < -0.3 is 5.32 Å². The van der Waals surface area contributed by atoms with E-state index in [1.807, 2.05) is 24.3 Å². The first-order chi connectivity index (χ1) is 9.91. The van der Waals surface area contributed by atoms with Crippen molar-refractivity contribution in [2.45, 2.75) is 17.2 Å². The summed E-state index contributed by atoms with van der Waals surface area (Å²) in [7, 11) is -4.63. The van der Waals surface area contributed by atoms with Crippen LogP contribution in [0.2, 0.25) is 0 Å². The van der Waals surface area contributed by atoms with Gasteiger partial charge in [-0.05, 0) is 29.8 Å². The summed E-state index contributed by atoms with van der Waals surface area (Å²) in [5.41, 5.74) is 1.06. The number of nitrogens with one attached hydrogen (secondary N) is 1. The highest BCUT2D eigenvalue weighted by Gasteiger charge is 2.28. The molecule has 2 rings (SSSR count). The minimum absolute atomic E-state index is 0.165. The van der Waals surface area contributed by atoms with Gasteiger partial charge in [0.05, 0.1) is 10.6 Å². The highest BCUT2D eigenvalue weighted by molar-refractivity contribution is 9.10. The third-order valence-corrected chi connectivity index (χ3v) is 4.73. The molecule has 0 aromatic heterocycles. The number of anilines is 1. The number of benzene rings is 2. The minimum atomic E-state index is -4.63. The average molecular weight is 376 g/mol. The Morgan fingerprint density at radius 2 is 1.81 bits per heavy atom. The van der Waals surface area contributed by atoms with Crippen LogP contribution in [-0.4, -0.2) is 14.2 Å². The molecule has 7 heteroatoms. The van der Waals surface area contributed by atoms with E-state index >= 15 is 0 Å². The smallest absolute Gasteiger partial charge is 0.341 e. The van der Waals surface area contributed by atoms with Gasteiger partial charge in [-0.25, -0.2) is 8.42 Å². The number of hydrogen-bond acceptors (Lipinski definition) is 3. The van der Waals surface area contributed by atoms with Gasteiger partial charge in [-0.2, -0.15) is 8.78 Å². The molecule has 3 nitrogen and oxygen atoms in total. The van der Waals surface area contributed by atoms with Crippen molar-refractivity contribution >= 4 is 31.5 Å². The Labute approximate surface area is 130 Å². The van der Waals surface area contributed by atoms with Gasteiger partial charge in [-0.1, -0.05) is 40.2 Å². The molecule has 21 heavy (non-hydrogen) atoms. The van der Waals surface area contributed by atoms with Crippen molar-refractivity contribution in [1.82, 2.24) is 0 Å². The molecular weight excluding hydrogens is 364 g/mol. The number of para-hydroxylation sites is 1. The molecule has 0 bridgehead atoms. The maximum absolute atomic E-state index is 12.7. The zero-order valence-corrected chi connectivity index (χ0v) is 13.2. The standard InChI is InChI=1S/C14H12BrF2NO2S/c15-11-5-3-4-10(8-11)9-18-12-6-1-2-7-13(12)21(19,20)14(16)17/h1-8,14,18H,9H2. The lowest BCUT2D eigenvalue weighted by molar-refractivity contribution is 0.235.